The van der Waals surface area contributed by atoms with Crippen LogP contribution in [0.1, 0.15) is 0 Å². The first-order valence-electron chi connectivity index (χ1n) is 5.10. The number of carbonyl (C=O) groups is 1. The van der Waals surface area contributed by atoms with Crippen molar-refractivity contribution >= 4 is 33.7 Å². The summed E-state index contributed by atoms with van der Waals surface area (Å²) in [5.41, 5.74) is -0.426. The highest BCUT2D eigenvalue weighted by atomic mass is 79.9. The molecule has 1 heterocycles. The van der Waals surface area contributed by atoms with Gasteiger partial charge in [0, 0.05) is 4.47 Å². The Balaban J connectivity index is 2.42. The fourth-order valence-corrected chi connectivity index (χ4v) is 2.41. The molecule has 0 atom stereocenters. The van der Waals surface area contributed by atoms with Gasteiger partial charge in [0.1, 0.15) is 11.6 Å². The van der Waals surface area contributed by atoms with E-state index in [4.69, 9.17) is 10.9 Å². The molecule has 3 N–H and O–H groups in total. The maximum atomic E-state index is 13.8. The highest BCUT2D eigenvalue weighted by Gasteiger charge is 2.20. The van der Waals surface area contributed by atoms with Gasteiger partial charge in [-0.2, -0.15) is 0 Å². The fourth-order valence-electron chi connectivity index (χ4n) is 1.43. The summed E-state index contributed by atoms with van der Waals surface area (Å²) >= 11 is 3.76. The lowest BCUT2D eigenvalue weighted by Gasteiger charge is -2.05. The second-order valence-electron chi connectivity index (χ2n) is 3.60. The zero-order valence-electron chi connectivity index (χ0n) is 9.68. The Hall–Kier alpha value is -1.68. The molecule has 10 heteroatoms. The number of rotatable bonds is 4. The quantitative estimate of drug-likeness (QED) is 0.635. The lowest BCUT2D eigenvalue weighted by Crippen LogP contribution is -2.13. The van der Waals surface area contributed by atoms with E-state index < -0.39 is 23.2 Å². The van der Waals surface area contributed by atoms with Crippen molar-refractivity contribution in [1.29, 1.82) is 0 Å². The molecule has 0 unspecified atom stereocenters. The van der Waals surface area contributed by atoms with Crippen LogP contribution in [-0.2, 0) is 4.79 Å². The average molecular weight is 365 g/mol. The molecule has 0 bridgehead atoms. The molecule has 20 heavy (non-hydrogen) atoms. The van der Waals surface area contributed by atoms with Crippen LogP contribution < -0.4 is 5.84 Å². The van der Waals surface area contributed by atoms with Crippen LogP contribution in [0, 0.1) is 11.6 Å². The normalized spacial score (nSPS) is 10.8. The maximum absolute atomic E-state index is 13.8. The minimum Gasteiger partial charge on any atom is -0.481 e. The molecule has 0 saturated carbocycles. The molecule has 0 radical (unpaired) electrons. The van der Waals surface area contributed by atoms with E-state index in [1.807, 2.05) is 0 Å². The molecule has 2 aromatic rings. The van der Waals surface area contributed by atoms with Crippen molar-refractivity contribution in [2.75, 3.05) is 11.6 Å². The molecule has 0 saturated heterocycles. The third-order valence-corrected chi connectivity index (χ3v) is 3.61. The number of aliphatic carboxylic acids is 1. The monoisotopic (exact) mass is 364 g/mol. The van der Waals surface area contributed by atoms with E-state index >= 15 is 0 Å². The second kappa shape index (κ2) is 5.75. The van der Waals surface area contributed by atoms with Crippen molar-refractivity contribution in [2.45, 2.75) is 5.16 Å². The van der Waals surface area contributed by atoms with Crippen molar-refractivity contribution in [3.63, 3.8) is 0 Å². The molecule has 1 aromatic carbocycles. The van der Waals surface area contributed by atoms with Gasteiger partial charge in [0.05, 0.1) is 11.3 Å². The van der Waals surface area contributed by atoms with Crippen molar-refractivity contribution in [2.24, 2.45) is 0 Å². The number of nitrogen functional groups attached to an aromatic ring is 1. The van der Waals surface area contributed by atoms with Crippen molar-refractivity contribution < 1.29 is 18.7 Å². The molecule has 0 fully saturated rings. The molecule has 0 amide bonds. The van der Waals surface area contributed by atoms with E-state index in [2.05, 4.69) is 26.1 Å². The van der Waals surface area contributed by atoms with Gasteiger partial charge in [-0.1, -0.05) is 27.7 Å². The summed E-state index contributed by atoms with van der Waals surface area (Å²) in [5, 5.41) is 15.8. The largest absolute Gasteiger partial charge is 0.481 e. The summed E-state index contributed by atoms with van der Waals surface area (Å²) < 4.78 is 28.7. The van der Waals surface area contributed by atoms with Gasteiger partial charge in [-0.05, 0) is 12.1 Å². The minimum atomic E-state index is -1.07. The Morgan fingerprint density at radius 3 is 2.55 bits per heavy atom. The van der Waals surface area contributed by atoms with Crippen LogP contribution >= 0.6 is 27.7 Å². The Kier molecular flexibility index (Phi) is 4.23. The predicted molar refractivity (Wildman–Crippen MR) is 71.6 cm³/mol. The Morgan fingerprint density at radius 2 is 2.00 bits per heavy atom. The van der Waals surface area contributed by atoms with Crippen LogP contribution in [-0.4, -0.2) is 31.7 Å². The van der Waals surface area contributed by atoms with Gasteiger partial charge in [-0.15, -0.1) is 10.2 Å². The van der Waals surface area contributed by atoms with E-state index in [1.165, 1.54) is 0 Å². The first kappa shape index (κ1) is 14.7. The number of carboxylic acids is 1. The number of nitrogens with two attached hydrogens (primary N) is 1. The van der Waals surface area contributed by atoms with Crippen molar-refractivity contribution in [1.82, 2.24) is 14.9 Å². The van der Waals surface area contributed by atoms with Gasteiger partial charge >= 0.3 is 5.97 Å². The van der Waals surface area contributed by atoms with E-state index in [9.17, 15) is 13.6 Å². The molecule has 0 aliphatic carbocycles. The molecule has 106 valence electrons. The third kappa shape index (κ3) is 2.90. The number of halogens is 3. The molecule has 0 spiro atoms. The smallest absolute Gasteiger partial charge is 0.313 e. The fraction of sp³-hybridized carbons (Fsp3) is 0.100. The molecular formula is C10H7BrF2N4O2S. The SMILES string of the molecule is Nn1c(SCC(=O)O)nnc1-c1c(F)cc(Br)cc1F. The highest BCUT2D eigenvalue weighted by molar-refractivity contribution is 9.10. The summed E-state index contributed by atoms with van der Waals surface area (Å²) in [7, 11) is 0. The number of hydrogen-bond donors (Lipinski definition) is 2. The number of nitrogens with zero attached hydrogens (tertiary/aromatic N) is 3. The predicted octanol–water partition coefficient (Wildman–Crippen LogP) is 1.88. The second-order valence-corrected chi connectivity index (χ2v) is 5.46. The summed E-state index contributed by atoms with van der Waals surface area (Å²) in [5.74, 6) is 2.34. The minimum absolute atomic E-state index is 0.0455. The van der Waals surface area contributed by atoms with E-state index in [-0.39, 0.29) is 21.2 Å². The van der Waals surface area contributed by atoms with Gasteiger partial charge < -0.3 is 10.9 Å². The highest BCUT2D eigenvalue weighted by Crippen LogP contribution is 2.28. The van der Waals surface area contributed by atoms with Gasteiger partial charge in [-0.25, -0.2) is 13.5 Å². The van der Waals surface area contributed by atoms with Gasteiger partial charge in [0.25, 0.3) is 0 Å². The topological polar surface area (TPSA) is 94.0 Å². The van der Waals surface area contributed by atoms with Gasteiger partial charge in [0.2, 0.25) is 5.16 Å². The van der Waals surface area contributed by atoms with Crippen molar-refractivity contribution in [3.8, 4) is 11.4 Å². The van der Waals surface area contributed by atoms with Gasteiger partial charge in [0.15, 0.2) is 5.82 Å². The first-order valence-corrected chi connectivity index (χ1v) is 6.88. The van der Waals surface area contributed by atoms with Crippen LogP contribution in [0.4, 0.5) is 8.78 Å². The lowest BCUT2D eigenvalue weighted by atomic mass is 10.2. The first-order chi connectivity index (χ1) is 9.40. The molecule has 6 nitrogen and oxygen atoms in total. The summed E-state index contributed by atoms with van der Waals surface area (Å²) in [6, 6.07) is 2.13. The maximum Gasteiger partial charge on any atom is 0.313 e. The molecule has 1 aromatic heterocycles. The van der Waals surface area contributed by atoms with Crippen LogP contribution in [0.3, 0.4) is 0 Å². The molecular weight excluding hydrogens is 358 g/mol. The molecule has 0 aliphatic rings. The zero-order valence-corrected chi connectivity index (χ0v) is 12.1. The Bertz CT molecular complexity index is 656. The number of carboxylic acid groups (broad SMARTS) is 1. The van der Waals surface area contributed by atoms with Crippen LogP contribution in [0.25, 0.3) is 11.4 Å². The van der Waals surface area contributed by atoms with Gasteiger partial charge in [-0.3, -0.25) is 4.79 Å². The number of aromatic nitrogens is 3. The van der Waals surface area contributed by atoms with Crippen molar-refractivity contribution in [3.05, 3.63) is 28.2 Å². The van der Waals surface area contributed by atoms with E-state index in [0.717, 1.165) is 28.6 Å². The summed E-state index contributed by atoms with van der Waals surface area (Å²) in [4.78, 5) is 10.5. The average Bonchev–Trinajstić information content (AvgIpc) is 2.67. The third-order valence-electron chi connectivity index (χ3n) is 2.22. The Morgan fingerprint density at radius 1 is 1.40 bits per heavy atom. The number of benzene rings is 1. The zero-order chi connectivity index (χ0) is 14.9. The molecule has 0 aliphatic heterocycles. The van der Waals surface area contributed by atoms with Crippen LogP contribution in [0.2, 0.25) is 0 Å². The van der Waals surface area contributed by atoms with E-state index in [1.54, 1.807) is 0 Å². The van der Waals surface area contributed by atoms with Crippen LogP contribution in [0.5, 0.6) is 0 Å². The lowest BCUT2D eigenvalue weighted by molar-refractivity contribution is -0.133. The standard InChI is InChI=1S/C10H7BrF2N4O2S/c11-4-1-5(12)8(6(13)2-4)9-15-16-10(17(9)14)20-3-7(18)19/h1-2H,3,14H2,(H,18,19). The van der Waals surface area contributed by atoms with Crippen LogP contribution in [0.15, 0.2) is 21.8 Å². The summed E-state index contributed by atoms with van der Waals surface area (Å²) in [6.45, 7) is 0. The number of thioether (sulfide) groups is 1. The number of hydrogen-bond acceptors (Lipinski definition) is 5. The summed E-state index contributed by atoms with van der Waals surface area (Å²) in [6.07, 6.45) is 0. The molecule has 2 rings (SSSR count). The Labute approximate surface area is 124 Å². The van der Waals surface area contributed by atoms with E-state index in [0.29, 0.717) is 0 Å².